The van der Waals surface area contributed by atoms with E-state index in [1.165, 1.54) is 34.2 Å². The molecule has 0 aliphatic carbocycles. The first-order valence-electron chi connectivity index (χ1n) is 8.99. The molecular formula is C24H26. The Morgan fingerprint density at radius 1 is 0.708 bits per heavy atom. The van der Waals surface area contributed by atoms with E-state index in [4.69, 9.17) is 0 Å². The Kier molecular flexibility index (Phi) is 5.48. The molecule has 0 spiro atoms. The van der Waals surface area contributed by atoms with E-state index in [1.807, 2.05) is 0 Å². The number of aryl methyl sites for hydroxylation is 1. The second-order valence-electron chi connectivity index (χ2n) is 6.67. The standard InChI is InChI=1S/C24H26/c1-3-9-20-10-7-14-23(17-20)24-15-8-11-21(18-24)16-19(2)22-12-5-4-6-13-22/h4-8,10-15,17-19H,3,9,16H2,1-2H3. The van der Waals surface area contributed by atoms with Crippen molar-refractivity contribution in [3.63, 3.8) is 0 Å². The molecule has 0 radical (unpaired) electrons. The fourth-order valence-corrected chi connectivity index (χ4v) is 3.33. The van der Waals surface area contributed by atoms with Crippen molar-refractivity contribution in [3.8, 4) is 11.1 Å². The van der Waals surface area contributed by atoms with Gasteiger partial charge in [-0.2, -0.15) is 0 Å². The summed E-state index contributed by atoms with van der Waals surface area (Å²) in [6.45, 7) is 4.54. The molecular weight excluding hydrogens is 288 g/mol. The third-order valence-electron chi connectivity index (χ3n) is 4.64. The first kappa shape index (κ1) is 16.5. The molecule has 3 rings (SSSR count). The first-order valence-corrected chi connectivity index (χ1v) is 8.99. The van der Waals surface area contributed by atoms with Crippen LogP contribution in [-0.4, -0.2) is 0 Å². The van der Waals surface area contributed by atoms with Gasteiger partial charge in [0.2, 0.25) is 0 Å². The predicted molar refractivity (Wildman–Crippen MR) is 104 cm³/mol. The Bertz CT molecular complexity index is 771. The van der Waals surface area contributed by atoms with Gasteiger partial charge in [0.1, 0.15) is 0 Å². The van der Waals surface area contributed by atoms with Crippen molar-refractivity contribution in [1.82, 2.24) is 0 Å². The van der Waals surface area contributed by atoms with Crippen LogP contribution in [0.5, 0.6) is 0 Å². The molecule has 0 aliphatic rings. The molecule has 1 atom stereocenters. The van der Waals surface area contributed by atoms with Crippen molar-refractivity contribution < 1.29 is 0 Å². The predicted octanol–water partition coefficient (Wildman–Crippen LogP) is 6.65. The highest BCUT2D eigenvalue weighted by molar-refractivity contribution is 5.65. The van der Waals surface area contributed by atoms with Crippen molar-refractivity contribution >= 4 is 0 Å². The first-order chi connectivity index (χ1) is 11.8. The van der Waals surface area contributed by atoms with Crippen LogP contribution < -0.4 is 0 Å². The summed E-state index contributed by atoms with van der Waals surface area (Å²) in [5.41, 5.74) is 6.90. The molecule has 0 amide bonds. The van der Waals surface area contributed by atoms with Crippen molar-refractivity contribution in [3.05, 3.63) is 95.6 Å². The molecule has 0 heterocycles. The van der Waals surface area contributed by atoms with E-state index in [2.05, 4.69) is 92.7 Å². The second-order valence-corrected chi connectivity index (χ2v) is 6.67. The Balaban J connectivity index is 1.80. The van der Waals surface area contributed by atoms with Crippen LogP contribution in [-0.2, 0) is 12.8 Å². The Hall–Kier alpha value is -2.34. The molecule has 0 heteroatoms. The fourth-order valence-electron chi connectivity index (χ4n) is 3.33. The fraction of sp³-hybridized carbons (Fsp3) is 0.250. The van der Waals surface area contributed by atoms with Gasteiger partial charge in [0.15, 0.2) is 0 Å². The van der Waals surface area contributed by atoms with Crippen molar-refractivity contribution in [2.24, 2.45) is 0 Å². The summed E-state index contributed by atoms with van der Waals surface area (Å²) in [5, 5.41) is 0. The van der Waals surface area contributed by atoms with Gasteiger partial charge in [0, 0.05) is 0 Å². The normalized spacial score (nSPS) is 12.1. The van der Waals surface area contributed by atoms with E-state index in [9.17, 15) is 0 Å². The monoisotopic (exact) mass is 314 g/mol. The molecule has 0 saturated heterocycles. The minimum atomic E-state index is 0.535. The third-order valence-corrected chi connectivity index (χ3v) is 4.64. The summed E-state index contributed by atoms with van der Waals surface area (Å²) in [7, 11) is 0. The van der Waals surface area contributed by atoms with Gasteiger partial charge in [-0.05, 0) is 46.6 Å². The van der Waals surface area contributed by atoms with Crippen molar-refractivity contribution in [2.75, 3.05) is 0 Å². The minimum Gasteiger partial charge on any atom is -0.0651 e. The lowest BCUT2D eigenvalue weighted by atomic mass is 9.92. The van der Waals surface area contributed by atoms with Crippen LogP contribution in [0.25, 0.3) is 11.1 Å². The molecule has 0 aromatic heterocycles. The Morgan fingerprint density at radius 2 is 1.33 bits per heavy atom. The van der Waals surface area contributed by atoms with Crippen LogP contribution >= 0.6 is 0 Å². The lowest BCUT2D eigenvalue weighted by Gasteiger charge is -2.13. The SMILES string of the molecule is CCCc1cccc(-c2cccc(CC(C)c3ccccc3)c2)c1. The van der Waals surface area contributed by atoms with E-state index in [1.54, 1.807) is 0 Å². The maximum absolute atomic E-state index is 2.35. The van der Waals surface area contributed by atoms with Crippen LogP contribution in [0.2, 0.25) is 0 Å². The maximum atomic E-state index is 2.35. The number of benzene rings is 3. The van der Waals surface area contributed by atoms with E-state index in [0.29, 0.717) is 5.92 Å². The largest absolute Gasteiger partial charge is 0.0651 e. The molecule has 3 aromatic rings. The highest BCUT2D eigenvalue weighted by Gasteiger charge is 2.07. The van der Waals surface area contributed by atoms with Gasteiger partial charge in [-0.1, -0.05) is 99.1 Å². The lowest BCUT2D eigenvalue weighted by molar-refractivity contribution is 0.759. The highest BCUT2D eigenvalue weighted by Crippen LogP contribution is 2.25. The van der Waals surface area contributed by atoms with Crippen LogP contribution in [0, 0.1) is 0 Å². The summed E-state index contributed by atoms with van der Waals surface area (Å²) in [5.74, 6) is 0.535. The topological polar surface area (TPSA) is 0 Å². The molecule has 3 aromatic carbocycles. The zero-order valence-corrected chi connectivity index (χ0v) is 14.7. The van der Waals surface area contributed by atoms with Gasteiger partial charge in [-0.25, -0.2) is 0 Å². The van der Waals surface area contributed by atoms with Crippen LogP contribution in [0.15, 0.2) is 78.9 Å². The van der Waals surface area contributed by atoms with E-state index < -0.39 is 0 Å². The lowest BCUT2D eigenvalue weighted by Crippen LogP contribution is -1.98. The molecule has 0 nitrogen and oxygen atoms in total. The molecule has 1 unspecified atom stereocenters. The zero-order chi connectivity index (χ0) is 16.8. The van der Waals surface area contributed by atoms with Crippen LogP contribution in [0.4, 0.5) is 0 Å². The van der Waals surface area contributed by atoms with E-state index >= 15 is 0 Å². The Morgan fingerprint density at radius 3 is 2.00 bits per heavy atom. The summed E-state index contributed by atoms with van der Waals surface area (Å²) in [6, 6.07) is 28.8. The summed E-state index contributed by atoms with van der Waals surface area (Å²) in [4.78, 5) is 0. The smallest absolute Gasteiger partial charge is 0.0150 e. The van der Waals surface area contributed by atoms with Crippen LogP contribution in [0.1, 0.15) is 42.9 Å². The number of hydrogen-bond donors (Lipinski definition) is 0. The van der Waals surface area contributed by atoms with E-state index in [0.717, 1.165) is 12.8 Å². The van der Waals surface area contributed by atoms with Gasteiger partial charge in [0.25, 0.3) is 0 Å². The molecule has 0 N–H and O–H groups in total. The molecule has 0 fully saturated rings. The average Bonchev–Trinajstić information content (AvgIpc) is 2.63. The summed E-state index contributed by atoms with van der Waals surface area (Å²) < 4.78 is 0. The number of hydrogen-bond acceptors (Lipinski definition) is 0. The quantitative estimate of drug-likeness (QED) is 0.477. The molecule has 122 valence electrons. The summed E-state index contributed by atoms with van der Waals surface area (Å²) in [6.07, 6.45) is 3.42. The van der Waals surface area contributed by atoms with Crippen molar-refractivity contribution in [1.29, 1.82) is 0 Å². The van der Waals surface area contributed by atoms with Gasteiger partial charge in [-0.15, -0.1) is 0 Å². The third kappa shape index (κ3) is 4.14. The molecule has 0 aliphatic heterocycles. The van der Waals surface area contributed by atoms with E-state index in [-0.39, 0.29) is 0 Å². The summed E-state index contributed by atoms with van der Waals surface area (Å²) >= 11 is 0. The molecule has 24 heavy (non-hydrogen) atoms. The minimum absolute atomic E-state index is 0.535. The van der Waals surface area contributed by atoms with Gasteiger partial charge < -0.3 is 0 Å². The Labute approximate surface area is 146 Å². The maximum Gasteiger partial charge on any atom is -0.0150 e. The highest BCUT2D eigenvalue weighted by atomic mass is 14.1. The molecule has 0 bridgehead atoms. The number of rotatable bonds is 6. The molecule has 0 saturated carbocycles. The second kappa shape index (κ2) is 7.97. The van der Waals surface area contributed by atoms with Gasteiger partial charge in [-0.3, -0.25) is 0 Å². The average molecular weight is 314 g/mol. The van der Waals surface area contributed by atoms with Crippen molar-refractivity contribution in [2.45, 2.75) is 39.0 Å². The zero-order valence-electron chi connectivity index (χ0n) is 14.7. The van der Waals surface area contributed by atoms with Gasteiger partial charge >= 0.3 is 0 Å². The van der Waals surface area contributed by atoms with Gasteiger partial charge in [0.05, 0.1) is 0 Å². The van der Waals surface area contributed by atoms with Crippen LogP contribution in [0.3, 0.4) is 0 Å².